The molecular weight excluding hydrogens is 443 g/mol. The second-order valence-electron chi connectivity index (χ2n) is 7.20. The van der Waals surface area contributed by atoms with Crippen molar-refractivity contribution in [3.8, 4) is 11.5 Å². The summed E-state index contributed by atoms with van der Waals surface area (Å²) in [5.41, 5.74) is 3.88. The SMILES string of the molecule is COc1ccc(C2=NN3[C@H](C2)c2cc(Cl)cc(Cl)c2O[C@H]3c2ccc(Cl)cc2)cc1. The van der Waals surface area contributed by atoms with E-state index in [0.29, 0.717) is 27.2 Å². The van der Waals surface area contributed by atoms with Gasteiger partial charge in [0.25, 0.3) is 0 Å². The van der Waals surface area contributed by atoms with Gasteiger partial charge in [0.1, 0.15) is 11.5 Å². The number of nitrogens with zero attached hydrogens (tertiary/aromatic N) is 2. The highest BCUT2D eigenvalue weighted by molar-refractivity contribution is 6.35. The molecule has 0 bridgehead atoms. The highest BCUT2D eigenvalue weighted by Crippen LogP contribution is 2.50. The average molecular weight is 460 g/mol. The smallest absolute Gasteiger partial charge is 0.213 e. The molecule has 0 N–H and O–H groups in total. The van der Waals surface area contributed by atoms with Crippen molar-refractivity contribution in [3.63, 3.8) is 0 Å². The van der Waals surface area contributed by atoms with Gasteiger partial charge in [-0.1, -0.05) is 46.9 Å². The highest BCUT2D eigenvalue weighted by atomic mass is 35.5. The van der Waals surface area contributed by atoms with Gasteiger partial charge in [-0.05, 0) is 54.1 Å². The molecule has 5 rings (SSSR count). The number of ether oxygens (including phenoxy) is 2. The maximum absolute atomic E-state index is 6.50. The van der Waals surface area contributed by atoms with Crippen LogP contribution in [-0.4, -0.2) is 17.8 Å². The summed E-state index contributed by atoms with van der Waals surface area (Å²) in [4.78, 5) is 0. The van der Waals surface area contributed by atoms with Crippen LogP contribution in [0.5, 0.6) is 11.5 Å². The van der Waals surface area contributed by atoms with Gasteiger partial charge in [-0.2, -0.15) is 5.10 Å². The van der Waals surface area contributed by atoms with Crippen LogP contribution >= 0.6 is 34.8 Å². The van der Waals surface area contributed by atoms with Crippen molar-refractivity contribution in [1.82, 2.24) is 5.01 Å². The number of halogens is 3. The second kappa shape index (κ2) is 7.69. The molecule has 0 aromatic heterocycles. The van der Waals surface area contributed by atoms with Crippen LogP contribution in [0, 0.1) is 0 Å². The van der Waals surface area contributed by atoms with E-state index in [-0.39, 0.29) is 6.04 Å². The largest absolute Gasteiger partial charge is 0.497 e. The Morgan fingerprint density at radius 1 is 0.967 bits per heavy atom. The molecule has 2 atom stereocenters. The quantitative estimate of drug-likeness (QED) is 0.427. The van der Waals surface area contributed by atoms with Crippen LogP contribution in [0.4, 0.5) is 0 Å². The zero-order valence-electron chi connectivity index (χ0n) is 16.0. The number of rotatable bonds is 3. The number of hydrazone groups is 1. The first-order chi connectivity index (χ1) is 14.5. The minimum Gasteiger partial charge on any atom is -0.497 e. The van der Waals surface area contributed by atoms with Crippen molar-refractivity contribution in [2.45, 2.75) is 18.7 Å². The normalized spacial score (nSPS) is 19.6. The monoisotopic (exact) mass is 458 g/mol. The van der Waals surface area contributed by atoms with Gasteiger partial charge in [0.15, 0.2) is 0 Å². The molecule has 7 heteroatoms. The lowest BCUT2D eigenvalue weighted by Crippen LogP contribution is -2.33. The molecule has 2 heterocycles. The maximum Gasteiger partial charge on any atom is 0.213 e. The van der Waals surface area contributed by atoms with Crippen molar-refractivity contribution in [2.24, 2.45) is 5.10 Å². The Bertz CT molecular complexity index is 1130. The van der Waals surface area contributed by atoms with E-state index in [1.807, 2.05) is 59.6 Å². The van der Waals surface area contributed by atoms with E-state index in [9.17, 15) is 0 Å². The van der Waals surface area contributed by atoms with Gasteiger partial charge in [0.05, 0.1) is 23.9 Å². The molecule has 0 fully saturated rings. The molecule has 3 aromatic carbocycles. The number of methoxy groups -OCH3 is 1. The molecule has 152 valence electrons. The number of hydrogen-bond acceptors (Lipinski definition) is 4. The molecule has 3 aromatic rings. The van der Waals surface area contributed by atoms with Crippen LogP contribution in [-0.2, 0) is 0 Å². The Morgan fingerprint density at radius 3 is 2.40 bits per heavy atom. The van der Waals surface area contributed by atoms with Crippen molar-refractivity contribution in [2.75, 3.05) is 7.11 Å². The van der Waals surface area contributed by atoms with Crippen molar-refractivity contribution >= 4 is 40.5 Å². The average Bonchev–Trinajstić information content (AvgIpc) is 3.20. The first kappa shape index (κ1) is 19.6. The van der Waals surface area contributed by atoms with Crippen LogP contribution in [0.25, 0.3) is 0 Å². The third-order valence-electron chi connectivity index (χ3n) is 5.39. The molecule has 0 aliphatic carbocycles. The molecule has 2 aliphatic heterocycles. The van der Waals surface area contributed by atoms with Crippen molar-refractivity contribution in [1.29, 1.82) is 0 Å². The van der Waals surface area contributed by atoms with Gasteiger partial charge in [0.2, 0.25) is 6.23 Å². The van der Waals surface area contributed by atoms with E-state index in [0.717, 1.165) is 28.2 Å². The molecule has 2 aliphatic rings. The van der Waals surface area contributed by atoms with Crippen LogP contribution in [0.3, 0.4) is 0 Å². The predicted molar refractivity (Wildman–Crippen MR) is 120 cm³/mol. The molecular formula is C23H17Cl3N2O2. The lowest BCUT2D eigenvalue weighted by atomic mass is 9.96. The molecule has 30 heavy (non-hydrogen) atoms. The first-order valence-electron chi connectivity index (χ1n) is 9.45. The van der Waals surface area contributed by atoms with Gasteiger partial charge < -0.3 is 9.47 Å². The summed E-state index contributed by atoms with van der Waals surface area (Å²) in [7, 11) is 1.65. The van der Waals surface area contributed by atoms with Gasteiger partial charge in [-0.15, -0.1) is 0 Å². The van der Waals surface area contributed by atoms with Gasteiger partial charge in [-0.25, -0.2) is 5.01 Å². The Kier molecular flexibility index (Phi) is 5.02. The Balaban J connectivity index is 1.60. The minimum absolute atomic E-state index is 0.0391. The van der Waals surface area contributed by atoms with E-state index < -0.39 is 6.23 Å². The van der Waals surface area contributed by atoms with Crippen LogP contribution < -0.4 is 9.47 Å². The fourth-order valence-electron chi connectivity index (χ4n) is 3.92. The predicted octanol–water partition coefficient (Wildman–Crippen LogP) is 6.90. The van der Waals surface area contributed by atoms with Gasteiger partial charge >= 0.3 is 0 Å². The fourth-order valence-corrected chi connectivity index (χ4v) is 4.60. The summed E-state index contributed by atoms with van der Waals surface area (Å²) < 4.78 is 11.6. The highest BCUT2D eigenvalue weighted by Gasteiger charge is 2.42. The summed E-state index contributed by atoms with van der Waals surface area (Å²) in [5.74, 6) is 1.45. The molecule has 0 spiro atoms. The van der Waals surface area contributed by atoms with Crippen molar-refractivity contribution in [3.05, 3.63) is 92.4 Å². The van der Waals surface area contributed by atoms with Crippen LogP contribution in [0.2, 0.25) is 15.1 Å². The standard InChI is InChI=1S/C23H17Cl3N2O2/c1-29-17-8-4-13(5-9-17)20-12-21-18-10-16(25)11-19(26)22(18)30-23(28(21)27-20)14-2-6-15(24)7-3-14/h2-11,21,23H,12H2,1H3/t21-,23+/m1/s1. The molecule has 0 unspecified atom stereocenters. The molecule has 0 amide bonds. The van der Waals surface area contributed by atoms with Gasteiger partial charge in [-0.3, -0.25) is 0 Å². The number of benzene rings is 3. The van der Waals surface area contributed by atoms with Gasteiger partial charge in [0, 0.05) is 27.6 Å². The minimum atomic E-state index is -0.422. The summed E-state index contributed by atoms with van der Waals surface area (Å²) in [6.45, 7) is 0. The Labute approximate surface area is 189 Å². The third kappa shape index (κ3) is 3.39. The van der Waals surface area contributed by atoms with E-state index in [1.54, 1.807) is 13.2 Å². The zero-order chi connectivity index (χ0) is 20.8. The number of hydrogen-bond donors (Lipinski definition) is 0. The van der Waals surface area contributed by atoms with Crippen molar-refractivity contribution < 1.29 is 9.47 Å². The van der Waals surface area contributed by atoms with E-state index >= 15 is 0 Å². The second-order valence-corrected chi connectivity index (χ2v) is 8.48. The first-order valence-corrected chi connectivity index (χ1v) is 10.6. The molecule has 0 saturated heterocycles. The number of fused-ring (bicyclic) bond motifs is 3. The fraction of sp³-hybridized carbons (Fsp3) is 0.174. The van der Waals surface area contributed by atoms with Crippen LogP contribution in [0.1, 0.15) is 35.4 Å². The molecule has 0 radical (unpaired) electrons. The lowest BCUT2D eigenvalue weighted by molar-refractivity contribution is -0.0189. The van der Waals surface area contributed by atoms with E-state index in [1.165, 1.54) is 0 Å². The molecule has 4 nitrogen and oxygen atoms in total. The summed E-state index contributed by atoms with van der Waals surface area (Å²) in [6.07, 6.45) is 0.290. The van der Waals surface area contributed by atoms with E-state index in [2.05, 4.69) is 0 Å². The Hall–Kier alpha value is -2.40. The van der Waals surface area contributed by atoms with Crippen LogP contribution in [0.15, 0.2) is 65.8 Å². The lowest BCUT2D eigenvalue weighted by Gasteiger charge is -2.38. The summed E-state index contributed by atoms with van der Waals surface area (Å²) in [6, 6.07) is 19.1. The molecule has 0 saturated carbocycles. The van der Waals surface area contributed by atoms with E-state index in [4.69, 9.17) is 49.4 Å². The maximum atomic E-state index is 6.50. The topological polar surface area (TPSA) is 34.1 Å². The summed E-state index contributed by atoms with van der Waals surface area (Å²) >= 11 is 18.9. The third-order valence-corrected chi connectivity index (χ3v) is 6.14. The zero-order valence-corrected chi connectivity index (χ0v) is 18.2. The Morgan fingerprint density at radius 2 is 1.70 bits per heavy atom. The summed E-state index contributed by atoms with van der Waals surface area (Å²) in [5, 5.41) is 8.66.